The number of carbonyl (C=O) groups excluding carboxylic acids is 1. The number of carbonyl (C=O) groups is 1. The van der Waals surface area contributed by atoms with Crippen molar-refractivity contribution in [2.45, 2.75) is 12.8 Å². The van der Waals surface area contributed by atoms with Crippen LogP contribution in [0.25, 0.3) is 9.88 Å². The van der Waals surface area contributed by atoms with E-state index in [1.54, 1.807) is 16.7 Å². The van der Waals surface area contributed by atoms with Crippen LogP contribution in [0.2, 0.25) is 0 Å². The molecular formula is C13H14F2N2O2S2. The van der Waals surface area contributed by atoms with E-state index >= 15 is 0 Å². The van der Waals surface area contributed by atoms with Crippen molar-refractivity contribution >= 4 is 28.6 Å². The van der Waals surface area contributed by atoms with E-state index in [1.807, 2.05) is 17.5 Å². The number of halogens is 2. The standard InChI is InChI=1S/C13H14F2N2O2S2/c14-11(15)7-17(3-4-18)12(19)6-9-8-21-13(16-9)10-2-1-5-20-10/h1-2,5,8,11,18H,3-4,6-7H2. The number of hydrogen-bond acceptors (Lipinski definition) is 5. The average Bonchev–Trinajstić information content (AvgIpc) is 3.07. The van der Waals surface area contributed by atoms with Gasteiger partial charge in [-0.1, -0.05) is 6.07 Å². The molecule has 2 rings (SSSR count). The van der Waals surface area contributed by atoms with Gasteiger partial charge in [-0.3, -0.25) is 4.79 Å². The molecule has 0 unspecified atom stereocenters. The Labute approximate surface area is 128 Å². The first-order valence-electron chi connectivity index (χ1n) is 6.25. The van der Waals surface area contributed by atoms with Gasteiger partial charge in [0.2, 0.25) is 5.91 Å². The van der Waals surface area contributed by atoms with E-state index in [0.717, 1.165) is 14.8 Å². The lowest BCUT2D eigenvalue weighted by atomic mass is 10.3. The molecule has 0 saturated heterocycles. The molecule has 1 N–H and O–H groups in total. The first-order chi connectivity index (χ1) is 10.1. The zero-order chi connectivity index (χ0) is 15.2. The smallest absolute Gasteiger partial charge is 0.255 e. The van der Waals surface area contributed by atoms with Crippen molar-refractivity contribution in [2.24, 2.45) is 0 Å². The zero-order valence-electron chi connectivity index (χ0n) is 11.0. The molecule has 0 aliphatic carbocycles. The molecule has 0 spiro atoms. The third-order valence-electron chi connectivity index (χ3n) is 2.70. The van der Waals surface area contributed by atoms with Crippen molar-refractivity contribution < 1.29 is 18.7 Å². The first-order valence-corrected chi connectivity index (χ1v) is 8.01. The lowest BCUT2D eigenvalue weighted by Gasteiger charge is -2.20. The number of aromatic nitrogens is 1. The molecule has 0 fully saturated rings. The highest BCUT2D eigenvalue weighted by Gasteiger charge is 2.19. The molecule has 0 bridgehead atoms. The molecule has 2 aromatic heterocycles. The van der Waals surface area contributed by atoms with Gasteiger partial charge < -0.3 is 10.0 Å². The summed E-state index contributed by atoms with van der Waals surface area (Å²) >= 11 is 2.97. The van der Waals surface area contributed by atoms with Gasteiger partial charge in [0, 0.05) is 11.9 Å². The lowest BCUT2D eigenvalue weighted by Crippen LogP contribution is -2.38. The van der Waals surface area contributed by atoms with Gasteiger partial charge in [-0.15, -0.1) is 22.7 Å². The number of amides is 1. The molecule has 0 saturated carbocycles. The SMILES string of the molecule is O=C(Cc1csc(-c2cccs2)n1)N(CCO)CC(F)F. The van der Waals surface area contributed by atoms with Gasteiger partial charge in [-0.25, -0.2) is 13.8 Å². The van der Waals surface area contributed by atoms with E-state index < -0.39 is 18.9 Å². The third kappa shape index (κ3) is 4.55. The van der Waals surface area contributed by atoms with Gasteiger partial charge in [0.15, 0.2) is 0 Å². The van der Waals surface area contributed by atoms with Gasteiger partial charge in [-0.2, -0.15) is 0 Å². The normalized spacial score (nSPS) is 11.0. The quantitative estimate of drug-likeness (QED) is 0.847. The van der Waals surface area contributed by atoms with Crippen molar-refractivity contribution in [2.75, 3.05) is 19.7 Å². The highest BCUT2D eigenvalue weighted by atomic mass is 32.1. The summed E-state index contributed by atoms with van der Waals surface area (Å²) in [5.41, 5.74) is 0.561. The Balaban J connectivity index is 2.01. The number of thiazole rings is 1. The average molecular weight is 332 g/mol. The maximum absolute atomic E-state index is 12.4. The van der Waals surface area contributed by atoms with E-state index in [2.05, 4.69) is 4.98 Å². The van der Waals surface area contributed by atoms with Crippen molar-refractivity contribution in [1.29, 1.82) is 0 Å². The maximum atomic E-state index is 12.4. The minimum atomic E-state index is -2.61. The van der Waals surface area contributed by atoms with E-state index in [1.165, 1.54) is 11.3 Å². The van der Waals surface area contributed by atoms with Crippen molar-refractivity contribution in [3.05, 3.63) is 28.6 Å². The molecule has 1 amide bonds. The van der Waals surface area contributed by atoms with Crippen molar-refractivity contribution in [3.63, 3.8) is 0 Å². The highest BCUT2D eigenvalue weighted by molar-refractivity contribution is 7.20. The van der Waals surface area contributed by atoms with Crippen LogP contribution < -0.4 is 0 Å². The van der Waals surface area contributed by atoms with Crippen LogP contribution in [-0.2, 0) is 11.2 Å². The largest absolute Gasteiger partial charge is 0.395 e. The van der Waals surface area contributed by atoms with Crippen LogP contribution in [0.3, 0.4) is 0 Å². The van der Waals surface area contributed by atoms with Crippen molar-refractivity contribution in [3.8, 4) is 9.88 Å². The molecule has 21 heavy (non-hydrogen) atoms. The summed E-state index contributed by atoms with van der Waals surface area (Å²) in [7, 11) is 0. The number of nitrogens with zero attached hydrogens (tertiary/aromatic N) is 2. The van der Waals surface area contributed by atoms with Crippen LogP contribution in [0.5, 0.6) is 0 Å². The number of alkyl halides is 2. The van der Waals surface area contributed by atoms with Crippen LogP contribution in [0.4, 0.5) is 8.78 Å². The molecule has 0 aromatic carbocycles. The Morgan fingerprint density at radius 2 is 2.24 bits per heavy atom. The van der Waals surface area contributed by atoms with Gasteiger partial charge in [0.1, 0.15) is 5.01 Å². The van der Waals surface area contributed by atoms with E-state index in [-0.39, 0.29) is 19.6 Å². The monoisotopic (exact) mass is 332 g/mol. The summed E-state index contributed by atoms with van der Waals surface area (Å²) in [5, 5.41) is 13.4. The molecule has 0 radical (unpaired) electrons. The topological polar surface area (TPSA) is 53.4 Å². The Morgan fingerprint density at radius 1 is 1.43 bits per heavy atom. The summed E-state index contributed by atoms with van der Waals surface area (Å²) < 4.78 is 24.8. The molecular weight excluding hydrogens is 318 g/mol. The predicted molar refractivity (Wildman–Crippen MR) is 78.8 cm³/mol. The van der Waals surface area contributed by atoms with Gasteiger partial charge in [0.25, 0.3) is 6.43 Å². The van der Waals surface area contributed by atoms with Crippen molar-refractivity contribution in [1.82, 2.24) is 9.88 Å². The Bertz CT molecular complexity index is 572. The van der Waals surface area contributed by atoms with E-state index in [9.17, 15) is 13.6 Å². The molecule has 0 atom stereocenters. The van der Waals surface area contributed by atoms with E-state index in [0.29, 0.717) is 5.69 Å². The minimum absolute atomic E-state index is 0.0331. The summed E-state index contributed by atoms with van der Waals surface area (Å²) in [4.78, 5) is 18.3. The summed E-state index contributed by atoms with van der Waals surface area (Å²) in [6, 6.07) is 3.85. The number of aliphatic hydroxyl groups excluding tert-OH is 1. The fraction of sp³-hybridized carbons (Fsp3) is 0.385. The molecule has 4 nitrogen and oxygen atoms in total. The minimum Gasteiger partial charge on any atom is -0.395 e. The van der Waals surface area contributed by atoms with Crippen LogP contribution >= 0.6 is 22.7 Å². The number of rotatable bonds is 7. The van der Waals surface area contributed by atoms with Crippen LogP contribution in [0.15, 0.2) is 22.9 Å². The lowest BCUT2D eigenvalue weighted by molar-refractivity contribution is -0.133. The first kappa shape index (κ1) is 16.0. The zero-order valence-corrected chi connectivity index (χ0v) is 12.7. The van der Waals surface area contributed by atoms with Gasteiger partial charge in [-0.05, 0) is 11.4 Å². The third-order valence-corrected chi connectivity index (χ3v) is 4.63. The van der Waals surface area contributed by atoms with Crippen LogP contribution in [0, 0.1) is 0 Å². The Morgan fingerprint density at radius 3 is 2.86 bits per heavy atom. The number of hydrogen-bond donors (Lipinski definition) is 1. The summed E-state index contributed by atoms with van der Waals surface area (Å²) in [6.45, 7) is -1.09. The molecule has 114 valence electrons. The molecule has 8 heteroatoms. The fourth-order valence-corrected chi connectivity index (χ4v) is 3.41. The fourth-order valence-electron chi connectivity index (χ4n) is 1.77. The molecule has 2 heterocycles. The summed E-state index contributed by atoms with van der Waals surface area (Å²) in [6.07, 6.45) is -2.65. The molecule has 0 aliphatic heterocycles. The van der Waals surface area contributed by atoms with Gasteiger partial charge in [0.05, 0.1) is 30.1 Å². The summed E-state index contributed by atoms with van der Waals surface area (Å²) in [5.74, 6) is -0.452. The Kier molecular flexibility index (Phi) is 5.77. The second-order valence-electron chi connectivity index (χ2n) is 4.25. The highest BCUT2D eigenvalue weighted by Crippen LogP contribution is 2.28. The number of thiophene rings is 1. The maximum Gasteiger partial charge on any atom is 0.255 e. The number of aliphatic hydroxyl groups is 1. The molecule has 2 aromatic rings. The second kappa shape index (κ2) is 7.58. The van der Waals surface area contributed by atoms with Crippen LogP contribution in [-0.4, -0.2) is 47.0 Å². The van der Waals surface area contributed by atoms with Crippen LogP contribution in [0.1, 0.15) is 5.69 Å². The second-order valence-corrected chi connectivity index (χ2v) is 6.06. The predicted octanol–water partition coefficient (Wildman–Crippen LogP) is 2.50. The molecule has 0 aliphatic rings. The van der Waals surface area contributed by atoms with E-state index in [4.69, 9.17) is 5.11 Å². The Hall–Kier alpha value is -1.38. The van der Waals surface area contributed by atoms with Gasteiger partial charge >= 0.3 is 0 Å².